The van der Waals surface area contributed by atoms with Crippen molar-refractivity contribution in [2.45, 2.75) is 25.7 Å². The first kappa shape index (κ1) is 20.1. The van der Waals surface area contributed by atoms with Gasteiger partial charge in [0.05, 0.1) is 4.91 Å². The quantitative estimate of drug-likeness (QED) is 0.382. The van der Waals surface area contributed by atoms with Crippen LogP contribution in [-0.2, 0) is 14.4 Å². The van der Waals surface area contributed by atoms with Gasteiger partial charge in [-0.3, -0.25) is 19.3 Å². The first-order valence-corrected chi connectivity index (χ1v) is 9.49. The zero-order valence-corrected chi connectivity index (χ0v) is 15.8. The summed E-state index contributed by atoms with van der Waals surface area (Å²) in [7, 11) is 0. The highest BCUT2D eigenvalue weighted by Gasteiger charge is 2.31. The fraction of sp³-hybridized carbons (Fsp3) is 0.333. The summed E-state index contributed by atoms with van der Waals surface area (Å²) >= 11 is 6.60. The first-order chi connectivity index (χ1) is 12.5. The van der Waals surface area contributed by atoms with Gasteiger partial charge < -0.3 is 10.4 Å². The second-order valence-electron chi connectivity index (χ2n) is 5.73. The second kappa shape index (κ2) is 10.1. The summed E-state index contributed by atoms with van der Waals surface area (Å²) in [5, 5.41) is 10.8. The van der Waals surface area contributed by atoms with Crippen molar-refractivity contribution in [2.75, 3.05) is 13.1 Å². The minimum absolute atomic E-state index is 0.0805. The summed E-state index contributed by atoms with van der Waals surface area (Å²) in [5.74, 6) is -1.41. The molecule has 6 nitrogen and oxygen atoms in total. The molecule has 2 N–H and O–H groups in total. The largest absolute Gasteiger partial charge is 0.480 e. The third-order valence-corrected chi connectivity index (χ3v) is 5.07. The number of nitrogens with one attached hydrogen (secondary N) is 1. The highest BCUT2D eigenvalue weighted by atomic mass is 32.2. The lowest BCUT2D eigenvalue weighted by molar-refractivity contribution is -0.137. The first-order valence-electron chi connectivity index (χ1n) is 8.26. The van der Waals surface area contributed by atoms with Gasteiger partial charge in [0, 0.05) is 13.0 Å². The molecule has 0 aliphatic carbocycles. The van der Waals surface area contributed by atoms with E-state index in [0.717, 1.165) is 18.4 Å². The Hall–Kier alpha value is -2.19. The van der Waals surface area contributed by atoms with Crippen molar-refractivity contribution < 1.29 is 19.5 Å². The lowest BCUT2D eigenvalue weighted by Gasteiger charge is -2.14. The van der Waals surface area contributed by atoms with E-state index in [1.54, 1.807) is 4.90 Å². The molecule has 138 valence electrons. The normalized spacial score (nSPS) is 15.5. The van der Waals surface area contributed by atoms with E-state index < -0.39 is 5.97 Å². The summed E-state index contributed by atoms with van der Waals surface area (Å²) in [4.78, 5) is 36.5. The van der Waals surface area contributed by atoms with Gasteiger partial charge in [0.15, 0.2) is 0 Å². The summed E-state index contributed by atoms with van der Waals surface area (Å²) < 4.78 is 0.552. The molecule has 0 saturated carbocycles. The lowest BCUT2D eigenvalue weighted by atomic mass is 10.1. The number of amides is 2. The summed E-state index contributed by atoms with van der Waals surface area (Å²) in [5.41, 5.74) is 0.959. The van der Waals surface area contributed by atoms with E-state index in [4.69, 9.17) is 17.3 Å². The highest BCUT2D eigenvalue weighted by Crippen LogP contribution is 2.32. The highest BCUT2D eigenvalue weighted by molar-refractivity contribution is 8.26. The van der Waals surface area contributed by atoms with E-state index >= 15 is 0 Å². The van der Waals surface area contributed by atoms with Crippen molar-refractivity contribution in [3.63, 3.8) is 0 Å². The van der Waals surface area contributed by atoms with Crippen LogP contribution in [0.3, 0.4) is 0 Å². The molecule has 26 heavy (non-hydrogen) atoms. The van der Waals surface area contributed by atoms with Gasteiger partial charge in [-0.05, 0) is 24.5 Å². The molecular weight excluding hydrogens is 372 g/mol. The van der Waals surface area contributed by atoms with E-state index in [-0.39, 0.29) is 24.8 Å². The van der Waals surface area contributed by atoms with E-state index in [9.17, 15) is 14.4 Å². The molecule has 0 spiro atoms. The van der Waals surface area contributed by atoms with Gasteiger partial charge in [0.1, 0.15) is 10.9 Å². The van der Waals surface area contributed by atoms with Crippen LogP contribution in [0.4, 0.5) is 0 Å². The van der Waals surface area contributed by atoms with Crippen molar-refractivity contribution in [1.82, 2.24) is 10.2 Å². The summed E-state index contributed by atoms with van der Waals surface area (Å²) in [6.07, 6.45) is 4.25. The monoisotopic (exact) mass is 392 g/mol. The number of rotatable bonds is 9. The molecule has 1 fully saturated rings. The lowest BCUT2D eigenvalue weighted by Crippen LogP contribution is -2.29. The molecule has 1 aliphatic heterocycles. The molecular formula is C18H20N2O4S2. The fourth-order valence-corrected chi connectivity index (χ4v) is 3.70. The average Bonchev–Trinajstić information content (AvgIpc) is 2.87. The van der Waals surface area contributed by atoms with Gasteiger partial charge in [-0.15, -0.1) is 0 Å². The van der Waals surface area contributed by atoms with Crippen LogP contribution in [-0.4, -0.2) is 45.2 Å². The molecule has 2 rings (SSSR count). The number of hydrogen-bond donors (Lipinski definition) is 2. The molecule has 1 saturated heterocycles. The van der Waals surface area contributed by atoms with Crippen molar-refractivity contribution in [3.05, 3.63) is 40.8 Å². The predicted octanol–water partition coefficient (Wildman–Crippen LogP) is 2.65. The maximum absolute atomic E-state index is 12.5. The third kappa shape index (κ3) is 6.27. The number of benzene rings is 1. The number of nitrogens with zero attached hydrogens (tertiary/aromatic N) is 1. The van der Waals surface area contributed by atoms with Crippen LogP contribution in [0.2, 0.25) is 0 Å². The Kier molecular flexibility index (Phi) is 7.80. The molecule has 2 amide bonds. The van der Waals surface area contributed by atoms with Crippen LogP contribution >= 0.6 is 24.0 Å². The summed E-state index contributed by atoms with van der Waals surface area (Å²) in [6.45, 7) is 0.163. The SMILES string of the molecule is O=C(O)CNC(=O)CCCCCN1C(=O)/C(=C/c2ccccc2)SC1=S. The predicted molar refractivity (Wildman–Crippen MR) is 105 cm³/mol. The Morgan fingerprint density at radius 2 is 1.92 bits per heavy atom. The van der Waals surface area contributed by atoms with Crippen molar-refractivity contribution in [3.8, 4) is 0 Å². The topological polar surface area (TPSA) is 86.7 Å². The number of thioether (sulfide) groups is 1. The number of unbranched alkanes of at least 4 members (excludes halogenated alkanes) is 2. The van der Waals surface area contributed by atoms with Crippen LogP contribution in [0.15, 0.2) is 35.2 Å². The van der Waals surface area contributed by atoms with Gasteiger partial charge in [0.25, 0.3) is 5.91 Å². The zero-order chi connectivity index (χ0) is 18.9. The van der Waals surface area contributed by atoms with Crippen molar-refractivity contribution in [1.29, 1.82) is 0 Å². The van der Waals surface area contributed by atoms with Gasteiger partial charge in [0.2, 0.25) is 5.91 Å². The molecule has 8 heteroatoms. The Balaban J connectivity index is 1.74. The minimum atomic E-state index is -1.06. The minimum Gasteiger partial charge on any atom is -0.480 e. The molecule has 0 radical (unpaired) electrons. The van der Waals surface area contributed by atoms with Crippen LogP contribution in [0.5, 0.6) is 0 Å². The number of carboxylic acids is 1. The number of carbonyl (C=O) groups excluding carboxylic acids is 2. The fourth-order valence-electron chi connectivity index (χ4n) is 2.39. The van der Waals surface area contributed by atoms with Crippen LogP contribution in [0, 0.1) is 0 Å². The maximum Gasteiger partial charge on any atom is 0.322 e. The van der Waals surface area contributed by atoms with E-state index in [0.29, 0.717) is 22.2 Å². The van der Waals surface area contributed by atoms with Crippen LogP contribution in [0.25, 0.3) is 6.08 Å². The van der Waals surface area contributed by atoms with Gasteiger partial charge >= 0.3 is 5.97 Å². The average molecular weight is 393 g/mol. The number of hydrogen-bond acceptors (Lipinski definition) is 5. The van der Waals surface area contributed by atoms with Crippen molar-refractivity contribution in [2.24, 2.45) is 0 Å². The molecule has 0 atom stereocenters. The Labute approximate surface area is 161 Å². The third-order valence-electron chi connectivity index (χ3n) is 3.69. The van der Waals surface area contributed by atoms with Crippen molar-refractivity contribution >= 4 is 52.2 Å². The zero-order valence-electron chi connectivity index (χ0n) is 14.1. The number of carbonyl (C=O) groups is 3. The smallest absolute Gasteiger partial charge is 0.322 e. The molecule has 0 aromatic heterocycles. The molecule has 0 unspecified atom stereocenters. The Morgan fingerprint density at radius 1 is 1.19 bits per heavy atom. The maximum atomic E-state index is 12.5. The molecule has 1 heterocycles. The van der Waals surface area contributed by atoms with E-state index in [2.05, 4.69) is 5.32 Å². The van der Waals surface area contributed by atoms with Gasteiger partial charge in [-0.1, -0.05) is 60.7 Å². The Morgan fingerprint density at radius 3 is 2.62 bits per heavy atom. The number of thiocarbonyl (C=S) groups is 1. The van der Waals surface area contributed by atoms with E-state index in [1.165, 1.54) is 11.8 Å². The molecule has 1 aromatic carbocycles. The number of carboxylic acid groups (broad SMARTS) is 1. The standard InChI is InChI=1S/C18H20N2O4S2/c21-15(19-12-16(22)23)9-5-2-6-10-20-17(24)14(26-18(20)25)11-13-7-3-1-4-8-13/h1,3-4,7-8,11H,2,5-6,9-10,12H2,(H,19,21)(H,22,23)/b14-11-. The molecule has 1 aliphatic rings. The van der Waals surface area contributed by atoms with Gasteiger partial charge in [-0.25, -0.2) is 0 Å². The van der Waals surface area contributed by atoms with Gasteiger partial charge in [-0.2, -0.15) is 0 Å². The number of aliphatic carboxylic acids is 1. The van der Waals surface area contributed by atoms with Crippen LogP contribution in [0.1, 0.15) is 31.2 Å². The molecule has 0 bridgehead atoms. The van der Waals surface area contributed by atoms with E-state index in [1.807, 2.05) is 36.4 Å². The Bertz CT molecular complexity index is 719. The summed E-state index contributed by atoms with van der Waals surface area (Å²) in [6, 6.07) is 9.62. The second-order valence-corrected chi connectivity index (χ2v) is 7.40. The molecule has 1 aromatic rings. The van der Waals surface area contributed by atoms with Crippen LogP contribution < -0.4 is 5.32 Å².